The predicted molar refractivity (Wildman–Crippen MR) is 94.5 cm³/mol. The second-order valence-corrected chi connectivity index (χ2v) is 6.82. The molecule has 0 spiro atoms. The van der Waals surface area contributed by atoms with Gasteiger partial charge in [-0.25, -0.2) is 0 Å². The molecule has 0 saturated carbocycles. The van der Waals surface area contributed by atoms with Crippen LogP contribution in [0.4, 0.5) is 0 Å². The topological polar surface area (TPSA) is 60.6 Å². The van der Waals surface area contributed by atoms with Gasteiger partial charge < -0.3 is 14.0 Å². The summed E-state index contributed by atoms with van der Waals surface area (Å²) in [4.78, 5) is 6.81. The Morgan fingerprint density at radius 2 is 2.12 bits per heavy atom. The van der Waals surface area contributed by atoms with E-state index in [4.69, 9.17) is 14.0 Å². The molecule has 25 heavy (non-hydrogen) atoms. The minimum Gasteiger partial charge on any atom is -0.496 e. The fourth-order valence-corrected chi connectivity index (χ4v) is 3.09. The van der Waals surface area contributed by atoms with Crippen molar-refractivity contribution in [3.63, 3.8) is 0 Å². The Hall–Kier alpha value is -1.92. The molecule has 0 unspecified atom stereocenters. The largest absolute Gasteiger partial charge is 0.496 e. The van der Waals surface area contributed by atoms with Crippen molar-refractivity contribution >= 4 is 0 Å². The van der Waals surface area contributed by atoms with E-state index in [0.717, 1.165) is 49.7 Å². The quantitative estimate of drug-likeness (QED) is 0.731. The van der Waals surface area contributed by atoms with Gasteiger partial charge in [0.2, 0.25) is 5.89 Å². The average Bonchev–Trinajstić information content (AvgIpc) is 3.27. The molecular formula is C19H27N3O3. The van der Waals surface area contributed by atoms with Crippen molar-refractivity contribution < 1.29 is 14.0 Å². The zero-order valence-electron chi connectivity index (χ0n) is 15.3. The lowest BCUT2D eigenvalue weighted by Crippen LogP contribution is -2.31. The van der Waals surface area contributed by atoms with Gasteiger partial charge in [0.25, 0.3) is 0 Å². The number of methoxy groups -OCH3 is 1. The third-order valence-corrected chi connectivity index (χ3v) is 4.43. The molecule has 0 N–H and O–H groups in total. The average molecular weight is 345 g/mol. The third-order valence-electron chi connectivity index (χ3n) is 4.43. The minimum absolute atomic E-state index is 0.262. The van der Waals surface area contributed by atoms with E-state index < -0.39 is 0 Å². The molecule has 2 aromatic rings. The smallest absolute Gasteiger partial charge is 0.240 e. The van der Waals surface area contributed by atoms with Gasteiger partial charge in [-0.2, -0.15) is 4.98 Å². The van der Waals surface area contributed by atoms with E-state index >= 15 is 0 Å². The molecular weight excluding hydrogens is 318 g/mol. The van der Waals surface area contributed by atoms with Gasteiger partial charge in [0.1, 0.15) is 5.75 Å². The molecule has 1 aliphatic rings. The maximum atomic E-state index is 5.82. The van der Waals surface area contributed by atoms with Gasteiger partial charge in [-0.15, -0.1) is 0 Å². The highest BCUT2D eigenvalue weighted by atomic mass is 16.5. The monoisotopic (exact) mass is 345 g/mol. The summed E-state index contributed by atoms with van der Waals surface area (Å²) in [5.74, 6) is 2.56. The van der Waals surface area contributed by atoms with Crippen molar-refractivity contribution in [1.82, 2.24) is 15.0 Å². The first kappa shape index (κ1) is 17.9. The predicted octanol–water partition coefficient (Wildman–Crippen LogP) is 3.38. The van der Waals surface area contributed by atoms with Crippen LogP contribution in [-0.4, -0.2) is 41.4 Å². The van der Waals surface area contributed by atoms with Crippen LogP contribution in [0, 0.1) is 0 Å². The Bertz CT molecular complexity index is 665. The SMILES string of the molecule is COc1ccccc1CN(Cc1nc(C(C)C)no1)C[C@H]1CCCO1. The Labute approximate surface area is 149 Å². The highest BCUT2D eigenvalue weighted by Gasteiger charge is 2.22. The summed E-state index contributed by atoms with van der Waals surface area (Å²) in [5.41, 5.74) is 1.14. The van der Waals surface area contributed by atoms with Gasteiger partial charge in [0.15, 0.2) is 5.82 Å². The van der Waals surface area contributed by atoms with Gasteiger partial charge in [-0.05, 0) is 18.9 Å². The molecule has 0 aliphatic carbocycles. The summed E-state index contributed by atoms with van der Waals surface area (Å²) in [6.07, 6.45) is 2.50. The Morgan fingerprint density at radius 1 is 1.28 bits per heavy atom. The Balaban J connectivity index is 1.73. The van der Waals surface area contributed by atoms with Crippen LogP contribution in [0.15, 0.2) is 28.8 Å². The fourth-order valence-electron chi connectivity index (χ4n) is 3.09. The molecule has 0 bridgehead atoms. The second kappa shape index (κ2) is 8.45. The lowest BCUT2D eigenvalue weighted by Gasteiger charge is -2.24. The van der Waals surface area contributed by atoms with Crippen molar-refractivity contribution in [3.8, 4) is 5.75 Å². The molecule has 1 aromatic heterocycles. The summed E-state index contributed by atoms with van der Waals surface area (Å²) < 4.78 is 16.8. The number of hydrogen-bond donors (Lipinski definition) is 0. The molecule has 0 radical (unpaired) electrons. The van der Waals surface area contributed by atoms with E-state index in [1.54, 1.807) is 7.11 Å². The highest BCUT2D eigenvalue weighted by molar-refractivity contribution is 5.33. The molecule has 0 amide bonds. The molecule has 3 rings (SSSR count). The van der Waals surface area contributed by atoms with Crippen molar-refractivity contribution in [2.75, 3.05) is 20.3 Å². The van der Waals surface area contributed by atoms with Crippen molar-refractivity contribution in [3.05, 3.63) is 41.5 Å². The van der Waals surface area contributed by atoms with Gasteiger partial charge in [-0.1, -0.05) is 37.2 Å². The summed E-state index contributed by atoms with van der Waals surface area (Å²) in [6.45, 7) is 7.19. The van der Waals surface area contributed by atoms with Crippen LogP contribution in [0.2, 0.25) is 0 Å². The minimum atomic E-state index is 0.262. The van der Waals surface area contributed by atoms with Crippen LogP contribution in [0.25, 0.3) is 0 Å². The summed E-state index contributed by atoms with van der Waals surface area (Å²) in [5, 5.41) is 4.07. The zero-order chi connectivity index (χ0) is 17.6. The number of ether oxygens (including phenoxy) is 2. The third kappa shape index (κ3) is 4.80. The number of benzene rings is 1. The highest BCUT2D eigenvalue weighted by Crippen LogP contribution is 2.22. The van der Waals surface area contributed by atoms with E-state index in [2.05, 4.69) is 35.0 Å². The Kier molecular flexibility index (Phi) is 6.04. The van der Waals surface area contributed by atoms with Crippen molar-refractivity contribution in [2.45, 2.75) is 51.8 Å². The van der Waals surface area contributed by atoms with Crippen molar-refractivity contribution in [2.24, 2.45) is 0 Å². The van der Waals surface area contributed by atoms with Crippen LogP contribution in [0.3, 0.4) is 0 Å². The van der Waals surface area contributed by atoms with Gasteiger partial charge >= 0.3 is 0 Å². The van der Waals surface area contributed by atoms with E-state index in [1.807, 2.05) is 18.2 Å². The first-order valence-corrected chi connectivity index (χ1v) is 8.94. The molecule has 2 heterocycles. The van der Waals surface area contributed by atoms with Crippen molar-refractivity contribution in [1.29, 1.82) is 0 Å². The molecule has 1 fully saturated rings. The lowest BCUT2D eigenvalue weighted by atomic mass is 10.1. The summed E-state index contributed by atoms with van der Waals surface area (Å²) >= 11 is 0. The molecule has 1 aromatic carbocycles. The van der Waals surface area contributed by atoms with Crippen LogP contribution in [0.5, 0.6) is 5.75 Å². The number of nitrogens with zero attached hydrogens (tertiary/aromatic N) is 3. The molecule has 6 nitrogen and oxygen atoms in total. The Morgan fingerprint density at radius 3 is 2.80 bits per heavy atom. The van der Waals surface area contributed by atoms with E-state index in [-0.39, 0.29) is 12.0 Å². The van der Waals surface area contributed by atoms with Crippen LogP contribution in [0.1, 0.15) is 49.9 Å². The van der Waals surface area contributed by atoms with Crippen LogP contribution < -0.4 is 4.74 Å². The maximum Gasteiger partial charge on any atom is 0.240 e. The van der Waals surface area contributed by atoms with Gasteiger partial charge in [0, 0.05) is 31.2 Å². The van der Waals surface area contributed by atoms with Crippen LogP contribution in [-0.2, 0) is 17.8 Å². The summed E-state index contributed by atoms with van der Waals surface area (Å²) in [7, 11) is 1.70. The molecule has 1 saturated heterocycles. The molecule has 1 aliphatic heterocycles. The first-order valence-electron chi connectivity index (χ1n) is 8.94. The molecule has 1 atom stereocenters. The normalized spacial score (nSPS) is 17.6. The fraction of sp³-hybridized carbons (Fsp3) is 0.579. The number of aromatic nitrogens is 2. The van der Waals surface area contributed by atoms with Gasteiger partial charge in [0.05, 0.1) is 19.8 Å². The maximum absolute atomic E-state index is 5.82. The second-order valence-electron chi connectivity index (χ2n) is 6.82. The lowest BCUT2D eigenvalue weighted by molar-refractivity contribution is 0.0637. The number of para-hydroxylation sites is 1. The molecule has 136 valence electrons. The first-order chi connectivity index (χ1) is 12.2. The number of rotatable bonds is 8. The zero-order valence-corrected chi connectivity index (χ0v) is 15.3. The standard InChI is InChI=1S/C19H27N3O3/c1-14(2)19-20-18(25-21-19)13-22(12-16-8-6-10-24-16)11-15-7-4-5-9-17(15)23-3/h4-5,7,9,14,16H,6,8,10-13H2,1-3H3/t16-/m1/s1. The van der Waals surface area contributed by atoms with E-state index in [0.29, 0.717) is 12.4 Å². The van der Waals surface area contributed by atoms with E-state index in [1.165, 1.54) is 0 Å². The van der Waals surface area contributed by atoms with Crippen LogP contribution >= 0.6 is 0 Å². The summed E-state index contributed by atoms with van der Waals surface area (Å²) in [6, 6.07) is 8.10. The van der Waals surface area contributed by atoms with Gasteiger partial charge in [-0.3, -0.25) is 4.90 Å². The van der Waals surface area contributed by atoms with E-state index in [9.17, 15) is 0 Å². The molecule has 6 heteroatoms. The number of hydrogen-bond acceptors (Lipinski definition) is 6.